The van der Waals surface area contributed by atoms with Gasteiger partial charge in [-0.25, -0.2) is 4.79 Å². The lowest BCUT2D eigenvalue weighted by atomic mass is 9.53. The minimum Gasteiger partial charge on any atom is -0.394 e. The van der Waals surface area contributed by atoms with Crippen LogP contribution in [0.2, 0.25) is 0 Å². The maximum Gasteiger partial charge on any atom is 0.326 e. The number of aliphatic hydroxyl groups is 2. The van der Waals surface area contributed by atoms with Gasteiger partial charge >= 0.3 is 6.03 Å². The van der Waals surface area contributed by atoms with Crippen LogP contribution < -0.4 is 5.32 Å². The minimum absolute atomic E-state index is 0.0475. The molecule has 5 rings (SSSR count). The Bertz CT molecular complexity index is 1120. The summed E-state index contributed by atoms with van der Waals surface area (Å²) in [5, 5.41) is 22.5. The Labute approximate surface area is 210 Å². The van der Waals surface area contributed by atoms with E-state index in [1.807, 2.05) is 97.9 Å². The van der Waals surface area contributed by atoms with Crippen molar-refractivity contribution in [3.63, 3.8) is 0 Å². The number of nitrogens with zero attached hydrogens (tertiary/aromatic N) is 1. The Hall–Kier alpha value is -3.52. The summed E-state index contributed by atoms with van der Waals surface area (Å²) in [5.74, 6) is -0.391. The molecule has 3 aromatic rings. The first kappa shape index (κ1) is 24.2. The van der Waals surface area contributed by atoms with E-state index in [1.165, 1.54) is 4.90 Å². The molecular weight excluding hydrogens is 456 g/mol. The normalized spacial score (nSPS) is 26.6. The summed E-state index contributed by atoms with van der Waals surface area (Å²) in [6.07, 6.45) is -2.31. The summed E-state index contributed by atoms with van der Waals surface area (Å²) in [6, 6.07) is 29.0. The maximum atomic E-state index is 13.9. The van der Waals surface area contributed by atoms with Gasteiger partial charge in [0.2, 0.25) is 5.91 Å². The van der Waals surface area contributed by atoms with Crippen molar-refractivity contribution in [3.8, 4) is 0 Å². The molecule has 186 valence electrons. The smallest absolute Gasteiger partial charge is 0.326 e. The van der Waals surface area contributed by atoms with Crippen molar-refractivity contribution in [2.75, 3.05) is 13.2 Å². The van der Waals surface area contributed by atoms with Crippen molar-refractivity contribution in [2.24, 2.45) is 5.41 Å². The predicted molar refractivity (Wildman–Crippen MR) is 134 cm³/mol. The van der Waals surface area contributed by atoms with E-state index in [2.05, 4.69) is 5.32 Å². The third-order valence-corrected chi connectivity index (χ3v) is 7.65. The van der Waals surface area contributed by atoms with Crippen LogP contribution in [0.3, 0.4) is 0 Å². The van der Waals surface area contributed by atoms with Crippen molar-refractivity contribution >= 4 is 11.9 Å². The second-order valence-electron chi connectivity index (χ2n) is 9.68. The number of nitrogens with one attached hydrogen (secondary N) is 1. The summed E-state index contributed by atoms with van der Waals surface area (Å²) in [4.78, 5) is 28.5. The molecule has 4 atom stereocenters. The molecule has 36 heavy (non-hydrogen) atoms. The molecule has 0 saturated carbocycles. The SMILES string of the molecule is CC1(C(c2ccccc2)(c2ccccc2)c2ccccc2)CN([C@H]2C[C@H](O)[C@@H](CO)O2)C(=O)NC1=O. The lowest BCUT2D eigenvalue weighted by molar-refractivity contribution is -0.140. The predicted octanol–water partition coefficient (Wildman–Crippen LogP) is 3.05. The molecule has 2 saturated heterocycles. The lowest BCUT2D eigenvalue weighted by Crippen LogP contribution is -2.68. The summed E-state index contributed by atoms with van der Waals surface area (Å²) in [7, 11) is 0. The van der Waals surface area contributed by atoms with Gasteiger partial charge in [-0.15, -0.1) is 0 Å². The summed E-state index contributed by atoms with van der Waals surface area (Å²) in [5.41, 5.74) is 0.601. The van der Waals surface area contributed by atoms with Crippen LogP contribution in [-0.2, 0) is 14.9 Å². The topological polar surface area (TPSA) is 99.1 Å². The second kappa shape index (κ2) is 9.50. The lowest BCUT2D eigenvalue weighted by Gasteiger charge is -2.53. The molecule has 2 aliphatic heterocycles. The fourth-order valence-corrected chi connectivity index (χ4v) is 5.90. The molecule has 0 aromatic heterocycles. The zero-order valence-corrected chi connectivity index (χ0v) is 20.1. The molecule has 0 spiro atoms. The number of aliphatic hydroxyl groups excluding tert-OH is 2. The van der Waals surface area contributed by atoms with Crippen molar-refractivity contribution < 1.29 is 24.5 Å². The Morgan fingerprint density at radius 3 is 1.81 bits per heavy atom. The molecule has 2 heterocycles. The van der Waals surface area contributed by atoms with Crippen molar-refractivity contribution in [1.82, 2.24) is 10.2 Å². The van der Waals surface area contributed by atoms with Gasteiger partial charge in [-0.05, 0) is 23.6 Å². The first-order chi connectivity index (χ1) is 17.4. The highest BCUT2D eigenvalue weighted by molar-refractivity contribution is 6.01. The van der Waals surface area contributed by atoms with Crippen LogP contribution in [-0.4, -0.2) is 58.6 Å². The van der Waals surface area contributed by atoms with Gasteiger partial charge in [-0.1, -0.05) is 91.0 Å². The number of urea groups is 1. The first-order valence-corrected chi connectivity index (χ1v) is 12.1. The van der Waals surface area contributed by atoms with E-state index in [1.54, 1.807) is 0 Å². The summed E-state index contributed by atoms with van der Waals surface area (Å²) >= 11 is 0. The molecule has 0 radical (unpaired) electrons. The Balaban J connectivity index is 1.73. The quantitative estimate of drug-likeness (QED) is 0.465. The number of rotatable bonds is 6. The largest absolute Gasteiger partial charge is 0.394 e. The molecular formula is C29H30N2O5. The molecule has 3 amide bonds. The van der Waals surface area contributed by atoms with Crippen LogP contribution in [0, 0.1) is 5.41 Å². The molecule has 2 aliphatic rings. The molecule has 0 aliphatic carbocycles. The third kappa shape index (κ3) is 3.71. The Morgan fingerprint density at radius 1 is 0.917 bits per heavy atom. The average molecular weight is 487 g/mol. The van der Waals surface area contributed by atoms with E-state index in [0.717, 1.165) is 16.7 Å². The zero-order chi connectivity index (χ0) is 25.3. The molecule has 7 nitrogen and oxygen atoms in total. The molecule has 0 bridgehead atoms. The fourth-order valence-electron chi connectivity index (χ4n) is 5.90. The van der Waals surface area contributed by atoms with Crippen LogP contribution in [0.4, 0.5) is 4.79 Å². The number of carbonyl (C=O) groups is 2. The summed E-state index contributed by atoms with van der Waals surface area (Å²) < 4.78 is 5.84. The highest BCUT2D eigenvalue weighted by Gasteiger charge is 2.60. The van der Waals surface area contributed by atoms with Gasteiger partial charge < -0.3 is 14.9 Å². The second-order valence-corrected chi connectivity index (χ2v) is 9.68. The van der Waals surface area contributed by atoms with E-state index >= 15 is 0 Å². The Morgan fingerprint density at radius 2 is 1.39 bits per heavy atom. The molecule has 3 aromatic carbocycles. The molecule has 2 fully saturated rings. The standard InChI is InChI=1S/C29H30N2O5/c1-28(19-31(27(35)30-26(28)34)25-17-23(33)24(18-32)36-25)29(20-11-5-2-6-12-20,21-13-7-3-8-14-21)22-15-9-4-10-16-22/h2-16,23-25,32-33H,17-19H2,1H3,(H,30,34,35)/t23-,24+,25+,28?/m0/s1. The van der Waals surface area contributed by atoms with E-state index < -0.39 is 41.2 Å². The van der Waals surface area contributed by atoms with E-state index in [4.69, 9.17) is 4.74 Å². The van der Waals surface area contributed by atoms with Gasteiger partial charge in [0.05, 0.1) is 23.5 Å². The van der Waals surface area contributed by atoms with E-state index in [0.29, 0.717) is 0 Å². The number of benzene rings is 3. The number of hydrogen-bond donors (Lipinski definition) is 3. The van der Waals surface area contributed by atoms with Gasteiger partial charge in [0.15, 0.2) is 0 Å². The molecule has 3 N–H and O–H groups in total. The summed E-state index contributed by atoms with van der Waals surface area (Å²) in [6.45, 7) is 1.57. The fraction of sp³-hybridized carbons (Fsp3) is 0.310. The van der Waals surface area contributed by atoms with Crippen LogP contribution in [0.1, 0.15) is 30.0 Å². The minimum atomic E-state index is -1.17. The number of carbonyl (C=O) groups excluding carboxylic acids is 2. The van der Waals surface area contributed by atoms with Gasteiger partial charge in [0.1, 0.15) is 12.3 Å². The highest BCUT2D eigenvalue weighted by Crippen LogP contribution is 2.53. The average Bonchev–Trinajstić information content (AvgIpc) is 3.29. The van der Waals surface area contributed by atoms with Crippen LogP contribution in [0.15, 0.2) is 91.0 Å². The van der Waals surface area contributed by atoms with E-state index in [-0.39, 0.29) is 19.6 Å². The number of amides is 3. The highest BCUT2D eigenvalue weighted by atomic mass is 16.5. The molecule has 7 heteroatoms. The monoisotopic (exact) mass is 486 g/mol. The van der Waals surface area contributed by atoms with Crippen LogP contribution >= 0.6 is 0 Å². The van der Waals surface area contributed by atoms with Gasteiger partial charge in [0.25, 0.3) is 0 Å². The van der Waals surface area contributed by atoms with Gasteiger partial charge in [-0.2, -0.15) is 0 Å². The first-order valence-electron chi connectivity index (χ1n) is 12.1. The number of hydrogen-bond acceptors (Lipinski definition) is 5. The van der Waals surface area contributed by atoms with Gasteiger partial charge in [-0.3, -0.25) is 15.0 Å². The van der Waals surface area contributed by atoms with E-state index in [9.17, 15) is 19.8 Å². The maximum absolute atomic E-state index is 13.9. The van der Waals surface area contributed by atoms with Crippen molar-refractivity contribution in [1.29, 1.82) is 0 Å². The van der Waals surface area contributed by atoms with Crippen molar-refractivity contribution in [2.45, 2.75) is 37.2 Å². The van der Waals surface area contributed by atoms with Crippen molar-refractivity contribution in [3.05, 3.63) is 108 Å². The molecule has 1 unspecified atom stereocenters. The zero-order valence-electron chi connectivity index (χ0n) is 20.1. The Kier molecular flexibility index (Phi) is 6.38. The van der Waals surface area contributed by atoms with Crippen LogP contribution in [0.5, 0.6) is 0 Å². The van der Waals surface area contributed by atoms with Gasteiger partial charge in [0, 0.05) is 13.0 Å². The van der Waals surface area contributed by atoms with Crippen LogP contribution in [0.25, 0.3) is 0 Å². The number of ether oxygens (including phenoxy) is 1. The number of imide groups is 1. The third-order valence-electron chi connectivity index (χ3n) is 7.65.